The number of hydrogen-bond donors (Lipinski definition) is 3. The van der Waals surface area contributed by atoms with E-state index in [-0.39, 0.29) is 12.7 Å². The van der Waals surface area contributed by atoms with Gasteiger partial charge in [-0.1, -0.05) is 0 Å². The van der Waals surface area contributed by atoms with Crippen molar-refractivity contribution in [3.8, 4) is 0 Å². The summed E-state index contributed by atoms with van der Waals surface area (Å²) in [5.41, 5.74) is 4.77. The topological polar surface area (TPSA) is 111 Å². The maximum Gasteiger partial charge on any atom is 0.404 e. The summed E-state index contributed by atoms with van der Waals surface area (Å²) in [6.45, 7) is 1.22. The zero-order chi connectivity index (χ0) is 12.0. The van der Waals surface area contributed by atoms with E-state index in [4.69, 9.17) is 15.6 Å². The number of aliphatic carboxylic acids is 1. The third kappa shape index (κ3) is 4.45. The third-order valence-corrected chi connectivity index (χ3v) is 2.28. The zero-order valence-corrected chi connectivity index (χ0v) is 8.85. The second kappa shape index (κ2) is 6.29. The minimum absolute atomic E-state index is 0.0883. The van der Waals surface area contributed by atoms with Crippen molar-refractivity contribution < 1.29 is 24.2 Å². The Morgan fingerprint density at radius 3 is 2.81 bits per heavy atom. The number of carbonyl (C=O) groups excluding carboxylic acids is 1. The number of carbonyl (C=O) groups is 2. The molecule has 16 heavy (non-hydrogen) atoms. The van der Waals surface area contributed by atoms with Crippen LogP contribution in [-0.4, -0.2) is 49.1 Å². The lowest BCUT2D eigenvalue weighted by atomic mass is 10.2. The van der Waals surface area contributed by atoms with Crippen LogP contribution in [0.1, 0.15) is 12.8 Å². The Morgan fingerprint density at radius 2 is 2.25 bits per heavy atom. The molecule has 1 saturated heterocycles. The first-order chi connectivity index (χ1) is 7.59. The van der Waals surface area contributed by atoms with Crippen molar-refractivity contribution in [1.82, 2.24) is 5.32 Å². The van der Waals surface area contributed by atoms with Crippen molar-refractivity contribution in [2.24, 2.45) is 5.73 Å². The molecule has 0 aromatic rings. The Morgan fingerprint density at radius 1 is 1.50 bits per heavy atom. The van der Waals surface area contributed by atoms with Crippen molar-refractivity contribution in [3.63, 3.8) is 0 Å². The van der Waals surface area contributed by atoms with E-state index in [0.717, 1.165) is 6.42 Å². The van der Waals surface area contributed by atoms with Crippen molar-refractivity contribution in [2.45, 2.75) is 25.0 Å². The molecule has 2 unspecified atom stereocenters. The van der Waals surface area contributed by atoms with Crippen LogP contribution in [0.2, 0.25) is 0 Å². The molecule has 1 fully saturated rings. The number of nitrogens with one attached hydrogen (secondary N) is 1. The number of primary amides is 1. The fraction of sp³-hybridized carbons (Fsp3) is 0.778. The van der Waals surface area contributed by atoms with Crippen LogP contribution in [0.25, 0.3) is 0 Å². The molecule has 1 aliphatic heterocycles. The number of ether oxygens (including phenoxy) is 2. The molecule has 1 heterocycles. The highest BCUT2D eigenvalue weighted by atomic mass is 16.5. The summed E-state index contributed by atoms with van der Waals surface area (Å²) in [6, 6.07) is 0. The minimum Gasteiger partial charge on any atom is -0.479 e. The van der Waals surface area contributed by atoms with Crippen LogP contribution in [0.4, 0.5) is 4.79 Å². The predicted molar refractivity (Wildman–Crippen MR) is 53.9 cm³/mol. The largest absolute Gasteiger partial charge is 0.479 e. The number of carboxylic acid groups (broad SMARTS) is 1. The number of carboxylic acids is 1. The molecule has 0 spiro atoms. The highest BCUT2D eigenvalue weighted by Gasteiger charge is 2.29. The molecular formula is C9H16N2O5. The molecule has 7 heteroatoms. The quantitative estimate of drug-likeness (QED) is 0.522. The van der Waals surface area contributed by atoms with Gasteiger partial charge >= 0.3 is 12.1 Å². The van der Waals surface area contributed by atoms with E-state index in [9.17, 15) is 9.59 Å². The number of rotatable bonds is 6. The van der Waals surface area contributed by atoms with Gasteiger partial charge in [0.2, 0.25) is 0 Å². The molecular weight excluding hydrogens is 216 g/mol. The van der Waals surface area contributed by atoms with Gasteiger partial charge in [-0.15, -0.1) is 0 Å². The minimum atomic E-state index is -0.917. The monoisotopic (exact) mass is 232 g/mol. The van der Waals surface area contributed by atoms with E-state index in [1.54, 1.807) is 0 Å². The van der Waals surface area contributed by atoms with Gasteiger partial charge in [-0.25, -0.2) is 9.59 Å². The molecule has 0 aromatic carbocycles. The maximum atomic E-state index is 10.6. The molecule has 2 atom stereocenters. The summed E-state index contributed by atoms with van der Waals surface area (Å²) in [5.74, 6) is -0.917. The lowest BCUT2D eigenvalue weighted by molar-refractivity contribution is -0.149. The molecule has 1 aliphatic rings. The summed E-state index contributed by atoms with van der Waals surface area (Å²) in [6.07, 6.45) is -0.312. The molecule has 0 aromatic heterocycles. The summed E-state index contributed by atoms with van der Waals surface area (Å²) < 4.78 is 9.76. The Labute approximate surface area is 92.9 Å². The normalized spacial score (nSPS) is 24.2. The molecule has 4 N–H and O–H groups in total. The molecule has 0 bridgehead atoms. The van der Waals surface area contributed by atoms with Crippen LogP contribution in [0.5, 0.6) is 0 Å². The summed E-state index contributed by atoms with van der Waals surface area (Å²) in [7, 11) is 0. The van der Waals surface area contributed by atoms with E-state index in [1.165, 1.54) is 0 Å². The maximum absolute atomic E-state index is 10.6. The Bertz CT molecular complexity index is 258. The van der Waals surface area contributed by atoms with Gasteiger partial charge < -0.3 is 25.6 Å². The average Bonchev–Trinajstić information content (AvgIpc) is 2.65. The fourth-order valence-corrected chi connectivity index (χ4v) is 1.52. The molecule has 1 rings (SSSR count). The van der Waals surface area contributed by atoms with E-state index in [1.807, 2.05) is 0 Å². The van der Waals surface area contributed by atoms with Gasteiger partial charge in [0.15, 0.2) is 6.10 Å². The average molecular weight is 232 g/mol. The van der Waals surface area contributed by atoms with Crippen LogP contribution < -0.4 is 11.1 Å². The van der Waals surface area contributed by atoms with Gasteiger partial charge in [0.1, 0.15) is 6.61 Å². The number of nitrogens with two attached hydrogens (primary N) is 1. The summed E-state index contributed by atoms with van der Waals surface area (Å²) in [4.78, 5) is 20.8. The van der Waals surface area contributed by atoms with Crippen LogP contribution in [0.15, 0.2) is 0 Å². The van der Waals surface area contributed by atoms with E-state index in [2.05, 4.69) is 10.1 Å². The van der Waals surface area contributed by atoms with E-state index >= 15 is 0 Å². The second-order valence-electron chi connectivity index (χ2n) is 3.53. The van der Waals surface area contributed by atoms with Crippen LogP contribution in [0.3, 0.4) is 0 Å². The van der Waals surface area contributed by atoms with Crippen LogP contribution in [0, 0.1) is 0 Å². The fourth-order valence-electron chi connectivity index (χ4n) is 1.52. The van der Waals surface area contributed by atoms with Gasteiger partial charge in [-0.05, 0) is 12.8 Å². The number of amides is 1. The summed E-state index contributed by atoms with van der Waals surface area (Å²) >= 11 is 0. The lowest BCUT2D eigenvalue weighted by Crippen LogP contribution is -2.31. The molecule has 0 radical (unpaired) electrons. The van der Waals surface area contributed by atoms with E-state index in [0.29, 0.717) is 19.5 Å². The summed E-state index contributed by atoms with van der Waals surface area (Å²) in [5, 5.41) is 11.7. The van der Waals surface area contributed by atoms with Crippen molar-refractivity contribution in [2.75, 3.05) is 19.7 Å². The number of hydrogen-bond acceptors (Lipinski definition) is 5. The van der Waals surface area contributed by atoms with Crippen molar-refractivity contribution in [3.05, 3.63) is 0 Å². The van der Waals surface area contributed by atoms with Gasteiger partial charge in [-0.3, -0.25) is 0 Å². The Balaban J connectivity index is 2.02. The zero-order valence-electron chi connectivity index (χ0n) is 8.85. The predicted octanol–water partition coefficient (Wildman–Crippen LogP) is -0.696. The Hall–Kier alpha value is -1.34. The third-order valence-electron chi connectivity index (χ3n) is 2.28. The first-order valence-corrected chi connectivity index (χ1v) is 5.11. The highest BCUT2D eigenvalue weighted by molar-refractivity contribution is 5.72. The first kappa shape index (κ1) is 12.7. The first-order valence-electron chi connectivity index (χ1n) is 5.11. The molecule has 7 nitrogen and oxygen atoms in total. The van der Waals surface area contributed by atoms with Crippen molar-refractivity contribution >= 4 is 12.1 Å². The smallest absolute Gasteiger partial charge is 0.404 e. The molecule has 92 valence electrons. The Kier molecular flexibility index (Phi) is 5.00. The van der Waals surface area contributed by atoms with Gasteiger partial charge in [-0.2, -0.15) is 0 Å². The van der Waals surface area contributed by atoms with Gasteiger partial charge in [0.05, 0.1) is 6.10 Å². The second-order valence-corrected chi connectivity index (χ2v) is 3.53. The lowest BCUT2D eigenvalue weighted by Gasteiger charge is -2.11. The standard InChI is InChI=1S/C9H16N2O5/c10-9(14)15-4-3-11-5-6-1-2-7(16-6)8(12)13/h6-7,11H,1-5H2,(H2,10,14)(H,12,13). The molecule has 0 aliphatic carbocycles. The molecule has 0 saturated carbocycles. The van der Waals surface area contributed by atoms with E-state index < -0.39 is 18.2 Å². The molecule has 1 amide bonds. The van der Waals surface area contributed by atoms with Gasteiger partial charge in [0.25, 0.3) is 0 Å². The van der Waals surface area contributed by atoms with Crippen LogP contribution in [-0.2, 0) is 14.3 Å². The SMILES string of the molecule is NC(=O)OCCNCC1CCC(C(=O)O)O1. The van der Waals surface area contributed by atoms with Crippen molar-refractivity contribution in [1.29, 1.82) is 0 Å². The van der Waals surface area contributed by atoms with Gasteiger partial charge in [0, 0.05) is 13.1 Å². The van der Waals surface area contributed by atoms with Crippen LogP contribution >= 0.6 is 0 Å². The highest BCUT2D eigenvalue weighted by Crippen LogP contribution is 2.18.